The minimum Gasteiger partial charge on any atom is -0.480 e. The predicted molar refractivity (Wildman–Crippen MR) is 128 cm³/mol. The number of aliphatic hydroxyl groups is 1. The van der Waals surface area contributed by atoms with Crippen molar-refractivity contribution in [3.63, 3.8) is 0 Å². The summed E-state index contributed by atoms with van der Waals surface area (Å²) in [6, 6.07) is 17.2. The Morgan fingerprint density at radius 1 is 1.09 bits per heavy atom. The zero-order valence-corrected chi connectivity index (χ0v) is 19.3. The normalized spacial score (nSPS) is 27.3. The molecule has 0 aliphatic carbocycles. The molecule has 2 heterocycles. The maximum Gasteiger partial charge on any atom is 0.327 e. The topological polar surface area (TPSA) is 107 Å². The molecule has 174 valence electrons. The molecule has 7 nitrogen and oxygen atoms in total. The molecule has 3 N–H and O–H groups in total. The number of nitrogens with zero attached hydrogens (tertiary/aromatic N) is 1. The molecular formula is C26H23ClN2O5. The minimum atomic E-state index is -2.04. The Balaban J connectivity index is 1.72. The van der Waals surface area contributed by atoms with E-state index in [9.17, 15) is 24.6 Å². The summed E-state index contributed by atoms with van der Waals surface area (Å²) in [6.45, 7) is 3.13. The van der Waals surface area contributed by atoms with Crippen molar-refractivity contribution in [3.8, 4) is 0 Å². The first kappa shape index (κ1) is 22.5. The van der Waals surface area contributed by atoms with Crippen LogP contribution in [0.1, 0.15) is 24.1 Å². The summed E-state index contributed by atoms with van der Waals surface area (Å²) in [4.78, 5) is 41.1. The van der Waals surface area contributed by atoms with E-state index in [1.807, 2.05) is 42.5 Å². The summed E-state index contributed by atoms with van der Waals surface area (Å²) in [6.07, 6.45) is -1.45. The zero-order chi connectivity index (χ0) is 24.4. The van der Waals surface area contributed by atoms with Gasteiger partial charge in [0.1, 0.15) is 0 Å². The van der Waals surface area contributed by atoms with Gasteiger partial charge in [0.15, 0.2) is 5.54 Å². The first-order valence-electron chi connectivity index (χ1n) is 11.0. The van der Waals surface area contributed by atoms with Crippen molar-refractivity contribution in [3.05, 3.63) is 76.8 Å². The lowest BCUT2D eigenvalue weighted by Crippen LogP contribution is -2.62. The standard InChI is InChI=1S/C26H23ClN2O5/c1-13-10-11-16(12-19(13)27)29-23(31)20-21(24(29)32)26(14(2)30,25(33)34)28-22(20)18-9-5-7-15-6-3-4-8-17(15)18/h3-12,14,20-22,28,30H,1-2H3,(H,33,34). The second kappa shape index (κ2) is 7.91. The number of halogens is 1. The number of carboxylic acids is 1. The second-order valence-electron chi connectivity index (χ2n) is 8.99. The van der Waals surface area contributed by atoms with E-state index in [0.717, 1.165) is 21.2 Å². The molecule has 2 aliphatic heterocycles. The van der Waals surface area contributed by atoms with Gasteiger partial charge in [-0.3, -0.25) is 19.7 Å². The lowest BCUT2D eigenvalue weighted by atomic mass is 9.76. The van der Waals surface area contributed by atoms with Gasteiger partial charge in [0.2, 0.25) is 11.8 Å². The number of carboxylic acid groups (broad SMARTS) is 1. The van der Waals surface area contributed by atoms with Crippen LogP contribution in [-0.4, -0.2) is 39.6 Å². The lowest BCUT2D eigenvalue weighted by molar-refractivity contribution is -0.154. The molecule has 3 aromatic carbocycles. The first-order valence-corrected chi connectivity index (χ1v) is 11.4. The molecule has 0 spiro atoms. The highest BCUT2D eigenvalue weighted by Gasteiger charge is 2.70. The Morgan fingerprint density at radius 2 is 1.79 bits per heavy atom. The molecule has 0 bridgehead atoms. The summed E-state index contributed by atoms with van der Waals surface area (Å²) in [5.74, 6) is -4.91. The fraction of sp³-hybridized carbons (Fsp3) is 0.269. The summed E-state index contributed by atoms with van der Waals surface area (Å²) in [5.41, 5.74) is -0.283. The number of nitrogens with one attached hydrogen (secondary N) is 1. The van der Waals surface area contributed by atoms with Gasteiger partial charge >= 0.3 is 5.97 Å². The number of anilines is 1. The molecule has 0 aromatic heterocycles. The van der Waals surface area contributed by atoms with Crippen LogP contribution in [0.15, 0.2) is 60.7 Å². The third-order valence-corrected chi connectivity index (χ3v) is 7.59. The molecule has 2 fully saturated rings. The summed E-state index contributed by atoms with van der Waals surface area (Å²) >= 11 is 6.26. The van der Waals surface area contributed by atoms with Crippen LogP contribution in [0, 0.1) is 18.8 Å². The molecule has 3 aromatic rings. The molecule has 5 atom stereocenters. The van der Waals surface area contributed by atoms with Crippen LogP contribution < -0.4 is 10.2 Å². The van der Waals surface area contributed by atoms with Gasteiger partial charge < -0.3 is 10.2 Å². The Hall–Kier alpha value is -3.26. The molecule has 0 saturated carbocycles. The maximum atomic E-state index is 13.8. The van der Waals surface area contributed by atoms with E-state index in [1.165, 1.54) is 13.0 Å². The van der Waals surface area contributed by atoms with Crippen LogP contribution in [0.5, 0.6) is 0 Å². The fourth-order valence-corrected chi connectivity index (χ4v) is 5.64. The van der Waals surface area contributed by atoms with Gasteiger partial charge in [-0.1, -0.05) is 60.1 Å². The quantitative estimate of drug-likeness (QED) is 0.496. The number of hydrogen-bond acceptors (Lipinski definition) is 5. The predicted octanol–water partition coefficient (Wildman–Crippen LogP) is 3.46. The number of benzene rings is 3. The van der Waals surface area contributed by atoms with Crippen molar-refractivity contribution in [1.82, 2.24) is 5.32 Å². The Morgan fingerprint density at radius 3 is 2.47 bits per heavy atom. The summed E-state index contributed by atoms with van der Waals surface area (Å²) in [5, 5.41) is 26.1. The van der Waals surface area contributed by atoms with Gasteiger partial charge in [0.05, 0.1) is 23.6 Å². The number of hydrogen-bond donors (Lipinski definition) is 3. The van der Waals surface area contributed by atoms with Crippen LogP contribution in [0.2, 0.25) is 5.02 Å². The van der Waals surface area contributed by atoms with Crippen LogP contribution in [0.3, 0.4) is 0 Å². The van der Waals surface area contributed by atoms with Crippen LogP contribution in [0.25, 0.3) is 10.8 Å². The van der Waals surface area contributed by atoms with Gasteiger partial charge in [0.25, 0.3) is 0 Å². The van der Waals surface area contributed by atoms with E-state index in [1.54, 1.807) is 19.1 Å². The number of carbonyl (C=O) groups is 3. The average molecular weight is 479 g/mol. The van der Waals surface area contributed by atoms with E-state index in [4.69, 9.17) is 11.6 Å². The lowest BCUT2D eigenvalue weighted by Gasteiger charge is -2.33. The highest BCUT2D eigenvalue weighted by atomic mass is 35.5. The Bertz CT molecular complexity index is 1350. The molecule has 2 amide bonds. The number of imide groups is 1. The molecule has 0 radical (unpaired) electrons. The smallest absolute Gasteiger partial charge is 0.327 e. The fourth-order valence-electron chi connectivity index (χ4n) is 5.46. The Kier molecular flexibility index (Phi) is 5.24. The molecule has 2 aliphatic rings. The third kappa shape index (κ3) is 3.01. The maximum absolute atomic E-state index is 13.8. The number of aliphatic carboxylic acids is 1. The Labute approximate surface area is 200 Å². The van der Waals surface area contributed by atoms with Crippen molar-refractivity contribution in [2.24, 2.45) is 11.8 Å². The highest BCUT2D eigenvalue weighted by Crippen LogP contribution is 2.52. The van der Waals surface area contributed by atoms with Gasteiger partial charge in [-0.25, -0.2) is 4.90 Å². The van der Waals surface area contributed by atoms with E-state index in [2.05, 4.69) is 5.32 Å². The van der Waals surface area contributed by atoms with Crippen molar-refractivity contribution in [2.75, 3.05) is 4.90 Å². The molecule has 5 rings (SSSR count). The first-order chi connectivity index (χ1) is 16.2. The van der Waals surface area contributed by atoms with E-state index < -0.39 is 47.3 Å². The molecule has 8 heteroatoms. The van der Waals surface area contributed by atoms with Crippen LogP contribution >= 0.6 is 11.6 Å². The number of aryl methyl sites for hydroxylation is 1. The number of amides is 2. The number of rotatable bonds is 4. The third-order valence-electron chi connectivity index (χ3n) is 7.18. The van der Waals surface area contributed by atoms with Gasteiger partial charge in [-0.05, 0) is 47.9 Å². The van der Waals surface area contributed by atoms with Crippen molar-refractivity contribution in [1.29, 1.82) is 0 Å². The average Bonchev–Trinajstić information content (AvgIpc) is 3.30. The number of fused-ring (bicyclic) bond motifs is 2. The largest absolute Gasteiger partial charge is 0.480 e. The van der Waals surface area contributed by atoms with Gasteiger partial charge in [0, 0.05) is 11.1 Å². The molecular weight excluding hydrogens is 456 g/mol. The summed E-state index contributed by atoms with van der Waals surface area (Å²) in [7, 11) is 0. The summed E-state index contributed by atoms with van der Waals surface area (Å²) < 4.78 is 0. The van der Waals surface area contributed by atoms with Gasteiger partial charge in [-0.15, -0.1) is 0 Å². The van der Waals surface area contributed by atoms with Crippen LogP contribution in [0.4, 0.5) is 5.69 Å². The SMILES string of the molecule is Cc1ccc(N2C(=O)C3C(c4cccc5ccccc45)NC(C(=O)O)(C(C)O)C3C2=O)cc1Cl. The zero-order valence-electron chi connectivity index (χ0n) is 18.5. The van der Waals surface area contributed by atoms with E-state index in [-0.39, 0.29) is 5.69 Å². The number of carbonyl (C=O) groups excluding carboxylic acids is 2. The molecule has 34 heavy (non-hydrogen) atoms. The number of aliphatic hydroxyl groups excluding tert-OH is 1. The highest BCUT2D eigenvalue weighted by molar-refractivity contribution is 6.32. The second-order valence-corrected chi connectivity index (χ2v) is 9.40. The minimum absolute atomic E-state index is 0.279. The van der Waals surface area contributed by atoms with Crippen molar-refractivity contribution < 1.29 is 24.6 Å². The van der Waals surface area contributed by atoms with Crippen molar-refractivity contribution >= 4 is 45.8 Å². The van der Waals surface area contributed by atoms with Crippen LogP contribution in [-0.2, 0) is 14.4 Å². The van der Waals surface area contributed by atoms with E-state index in [0.29, 0.717) is 10.6 Å². The van der Waals surface area contributed by atoms with Crippen molar-refractivity contribution in [2.45, 2.75) is 31.5 Å². The molecule has 2 saturated heterocycles. The van der Waals surface area contributed by atoms with Gasteiger partial charge in [-0.2, -0.15) is 0 Å². The monoisotopic (exact) mass is 478 g/mol. The molecule has 5 unspecified atom stereocenters. The van der Waals surface area contributed by atoms with E-state index >= 15 is 0 Å².